The molecule has 1 amide bonds. The summed E-state index contributed by atoms with van der Waals surface area (Å²) in [4.78, 5) is 17.1. The molecule has 30 heavy (non-hydrogen) atoms. The Balaban J connectivity index is 1.61. The lowest BCUT2D eigenvalue weighted by atomic mass is 10.1. The number of ether oxygens (including phenoxy) is 1. The van der Waals surface area contributed by atoms with Crippen LogP contribution in [-0.2, 0) is 11.3 Å². The van der Waals surface area contributed by atoms with Crippen molar-refractivity contribution >= 4 is 53.7 Å². The molecule has 3 rings (SSSR count). The minimum Gasteiger partial charge on any atom is -0.481 e. The Morgan fingerprint density at radius 1 is 1.10 bits per heavy atom. The second kappa shape index (κ2) is 10.1. The van der Waals surface area contributed by atoms with Crippen LogP contribution in [0, 0.1) is 12.7 Å². The second-order valence-corrected chi connectivity index (χ2v) is 10.2. The van der Waals surface area contributed by atoms with Crippen LogP contribution in [0.3, 0.4) is 0 Å². The van der Waals surface area contributed by atoms with Gasteiger partial charge in [0.15, 0.2) is 6.61 Å². The number of amides is 1. The molecular formula is C22H24Br3FN2O2. The summed E-state index contributed by atoms with van der Waals surface area (Å²) in [7, 11) is 0. The summed E-state index contributed by atoms with van der Waals surface area (Å²) in [6, 6.07) is 8.78. The number of hydrogen-bond acceptors (Lipinski definition) is 3. The van der Waals surface area contributed by atoms with Gasteiger partial charge in [-0.2, -0.15) is 0 Å². The van der Waals surface area contributed by atoms with E-state index < -0.39 is 0 Å². The van der Waals surface area contributed by atoms with Crippen molar-refractivity contribution in [2.24, 2.45) is 0 Å². The van der Waals surface area contributed by atoms with E-state index in [-0.39, 0.29) is 30.4 Å². The van der Waals surface area contributed by atoms with Crippen molar-refractivity contribution in [3.63, 3.8) is 0 Å². The van der Waals surface area contributed by atoms with Gasteiger partial charge in [-0.25, -0.2) is 4.39 Å². The third-order valence-corrected chi connectivity index (χ3v) is 7.80. The quantitative estimate of drug-likeness (QED) is 0.424. The van der Waals surface area contributed by atoms with Crippen LogP contribution >= 0.6 is 47.8 Å². The van der Waals surface area contributed by atoms with Crippen LogP contribution < -0.4 is 4.74 Å². The average Bonchev–Trinajstić information content (AvgIpc) is 2.70. The molecule has 1 aliphatic rings. The van der Waals surface area contributed by atoms with E-state index in [2.05, 4.69) is 66.5 Å². The molecule has 2 aromatic rings. The molecule has 8 heteroatoms. The number of hydrogen-bond donors (Lipinski definition) is 0. The van der Waals surface area contributed by atoms with E-state index in [1.807, 2.05) is 30.0 Å². The molecule has 4 nitrogen and oxygen atoms in total. The van der Waals surface area contributed by atoms with Crippen LogP contribution in [0.25, 0.3) is 0 Å². The average molecular weight is 607 g/mol. The minimum absolute atomic E-state index is 0.0205. The monoisotopic (exact) mass is 604 g/mol. The van der Waals surface area contributed by atoms with Gasteiger partial charge in [0.05, 0.1) is 8.95 Å². The largest absolute Gasteiger partial charge is 0.481 e. The Bertz CT molecular complexity index is 924. The van der Waals surface area contributed by atoms with Gasteiger partial charge in [0, 0.05) is 36.2 Å². The smallest absolute Gasteiger partial charge is 0.260 e. The van der Waals surface area contributed by atoms with E-state index in [4.69, 9.17) is 4.74 Å². The zero-order valence-corrected chi connectivity index (χ0v) is 21.9. The summed E-state index contributed by atoms with van der Waals surface area (Å²) in [5.41, 5.74) is 2.08. The molecule has 0 aromatic heterocycles. The predicted molar refractivity (Wildman–Crippen MR) is 127 cm³/mol. The molecule has 2 aromatic carbocycles. The first-order valence-electron chi connectivity index (χ1n) is 9.72. The van der Waals surface area contributed by atoms with Gasteiger partial charge in [-0.15, -0.1) is 0 Å². The van der Waals surface area contributed by atoms with Gasteiger partial charge in [0.1, 0.15) is 11.6 Å². The van der Waals surface area contributed by atoms with E-state index in [0.717, 1.165) is 37.6 Å². The van der Waals surface area contributed by atoms with E-state index in [0.29, 0.717) is 12.3 Å². The molecule has 0 aliphatic carbocycles. The molecule has 0 bridgehead atoms. The van der Waals surface area contributed by atoms with Gasteiger partial charge >= 0.3 is 0 Å². The standard InChI is InChI=1S/C22H24Br3FN2O2/c1-13-10-28(14(2)9-27(13)11-16-4-6-17(26)7-5-16)20(29)12-30-22-19(24)8-18(23)15(3)21(22)25/h4-8,13-14H,9-12H2,1-3H3. The van der Waals surface area contributed by atoms with Crippen molar-refractivity contribution in [1.29, 1.82) is 0 Å². The van der Waals surface area contributed by atoms with Gasteiger partial charge in [0.25, 0.3) is 5.91 Å². The van der Waals surface area contributed by atoms with Gasteiger partial charge in [-0.1, -0.05) is 28.1 Å². The zero-order chi connectivity index (χ0) is 22.0. The summed E-state index contributed by atoms with van der Waals surface area (Å²) in [6.45, 7) is 8.25. The Labute approximate surface area is 202 Å². The molecule has 1 heterocycles. The van der Waals surface area contributed by atoms with Crippen LogP contribution in [-0.4, -0.2) is 47.5 Å². The maximum atomic E-state index is 13.2. The number of halogens is 4. The van der Waals surface area contributed by atoms with Crippen molar-refractivity contribution in [1.82, 2.24) is 9.80 Å². The van der Waals surface area contributed by atoms with Crippen LogP contribution in [0.2, 0.25) is 0 Å². The summed E-state index contributed by atoms with van der Waals surface area (Å²) >= 11 is 10.6. The first kappa shape index (κ1) is 23.7. The molecule has 0 spiro atoms. The van der Waals surface area contributed by atoms with Gasteiger partial charge in [-0.05, 0) is 82.0 Å². The Hall–Kier alpha value is -0.960. The third kappa shape index (κ3) is 5.44. The van der Waals surface area contributed by atoms with Crippen molar-refractivity contribution in [2.45, 2.75) is 39.4 Å². The second-order valence-electron chi connectivity index (χ2n) is 7.70. The summed E-state index contributed by atoms with van der Waals surface area (Å²) in [5.74, 6) is 0.365. The molecule has 2 atom stereocenters. The molecule has 2 unspecified atom stereocenters. The number of rotatable bonds is 5. The predicted octanol–water partition coefficient (Wildman–Crippen LogP) is 5.92. The highest BCUT2D eigenvalue weighted by atomic mass is 79.9. The lowest BCUT2D eigenvalue weighted by molar-refractivity contribution is -0.139. The molecular weight excluding hydrogens is 583 g/mol. The SMILES string of the molecule is Cc1c(Br)cc(Br)c(OCC(=O)N2CC(C)N(Cc3ccc(F)cc3)CC2C)c1Br. The van der Waals surface area contributed by atoms with E-state index >= 15 is 0 Å². The lowest BCUT2D eigenvalue weighted by Gasteiger charge is -2.44. The maximum Gasteiger partial charge on any atom is 0.260 e. The van der Waals surface area contributed by atoms with E-state index in [9.17, 15) is 9.18 Å². The van der Waals surface area contributed by atoms with Crippen LogP contribution in [0.5, 0.6) is 5.75 Å². The lowest BCUT2D eigenvalue weighted by Crippen LogP contribution is -2.58. The summed E-state index contributed by atoms with van der Waals surface area (Å²) < 4.78 is 21.6. The molecule has 0 radical (unpaired) electrons. The molecule has 1 fully saturated rings. The normalized spacial score (nSPS) is 19.8. The van der Waals surface area contributed by atoms with Crippen LogP contribution in [0.4, 0.5) is 4.39 Å². The van der Waals surface area contributed by atoms with E-state index in [1.54, 1.807) is 0 Å². The fourth-order valence-corrected chi connectivity index (χ4v) is 5.95. The molecule has 0 N–H and O–H groups in total. The molecule has 162 valence electrons. The van der Waals surface area contributed by atoms with E-state index in [1.165, 1.54) is 12.1 Å². The van der Waals surface area contributed by atoms with Crippen LogP contribution in [0.1, 0.15) is 25.0 Å². The fourth-order valence-electron chi connectivity index (χ4n) is 3.60. The fraction of sp³-hybridized carbons (Fsp3) is 0.409. The van der Waals surface area contributed by atoms with Crippen LogP contribution in [0.15, 0.2) is 43.7 Å². The van der Waals surface area contributed by atoms with Crippen molar-refractivity contribution < 1.29 is 13.9 Å². The van der Waals surface area contributed by atoms with Crippen molar-refractivity contribution in [2.75, 3.05) is 19.7 Å². The Morgan fingerprint density at radius 3 is 2.43 bits per heavy atom. The van der Waals surface area contributed by atoms with Gasteiger partial charge in [0.2, 0.25) is 0 Å². The van der Waals surface area contributed by atoms with Crippen molar-refractivity contribution in [3.05, 3.63) is 60.7 Å². The highest BCUT2D eigenvalue weighted by Crippen LogP contribution is 2.39. The summed E-state index contributed by atoms with van der Waals surface area (Å²) in [6.07, 6.45) is 0. The molecule has 1 saturated heterocycles. The maximum absolute atomic E-state index is 13.2. The third-order valence-electron chi connectivity index (χ3n) is 5.43. The first-order valence-corrected chi connectivity index (χ1v) is 12.1. The number of carbonyl (C=O) groups excluding carboxylic acids is 1. The Kier molecular flexibility index (Phi) is 7.98. The topological polar surface area (TPSA) is 32.8 Å². The Morgan fingerprint density at radius 2 is 1.77 bits per heavy atom. The molecule has 1 aliphatic heterocycles. The summed E-state index contributed by atoms with van der Waals surface area (Å²) in [5, 5.41) is 0. The van der Waals surface area contributed by atoms with Gasteiger partial charge in [-0.3, -0.25) is 9.69 Å². The minimum atomic E-state index is -0.227. The number of nitrogens with zero attached hydrogens (tertiary/aromatic N) is 2. The first-order chi connectivity index (χ1) is 14.2. The number of benzene rings is 2. The number of carbonyl (C=O) groups is 1. The zero-order valence-electron chi connectivity index (χ0n) is 17.1. The number of piperazine rings is 1. The van der Waals surface area contributed by atoms with Gasteiger partial charge < -0.3 is 9.64 Å². The molecule has 0 saturated carbocycles. The van der Waals surface area contributed by atoms with Crippen molar-refractivity contribution in [3.8, 4) is 5.75 Å². The highest BCUT2D eigenvalue weighted by molar-refractivity contribution is 9.11. The highest BCUT2D eigenvalue weighted by Gasteiger charge is 2.32.